The predicted molar refractivity (Wildman–Crippen MR) is 76.7 cm³/mol. The maximum Gasteiger partial charge on any atom is 0.303 e. The molecule has 0 amide bonds. The Kier molecular flexibility index (Phi) is 4.61. The average molecular weight is 264 g/mol. The number of hydrogen-bond acceptors (Lipinski definition) is 2. The van der Waals surface area contributed by atoms with E-state index in [-0.39, 0.29) is 17.4 Å². The first-order valence-corrected chi connectivity index (χ1v) is 6.61. The monoisotopic (exact) mass is 264 g/mol. The summed E-state index contributed by atoms with van der Waals surface area (Å²) in [5.74, 6) is 0.0889. The molecule has 0 saturated carbocycles. The summed E-state index contributed by atoms with van der Waals surface area (Å²) < 4.78 is 5.77. The minimum absolute atomic E-state index is 0.140. The number of rotatable bonds is 5. The number of ether oxygens (including phenoxy) is 1. The maximum atomic E-state index is 10.7. The Bertz CT molecular complexity index is 424. The summed E-state index contributed by atoms with van der Waals surface area (Å²) in [6.45, 7) is 10.2. The van der Waals surface area contributed by atoms with Crippen LogP contribution in [-0.4, -0.2) is 16.7 Å². The Balaban J connectivity index is 2.77. The van der Waals surface area contributed by atoms with Crippen molar-refractivity contribution in [1.29, 1.82) is 0 Å². The third-order valence-corrected chi connectivity index (χ3v) is 3.02. The van der Waals surface area contributed by atoms with Crippen molar-refractivity contribution in [3.05, 3.63) is 29.8 Å². The Labute approximate surface area is 115 Å². The molecule has 0 fully saturated rings. The second-order valence-electron chi connectivity index (χ2n) is 6.52. The maximum absolute atomic E-state index is 10.7. The van der Waals surface area contributed by atoms with Gasteiger partial charge in [0.15, 0.2) is 0 Å². The summed E-state index contributed by atoms with van der Waals surface area (Å²) in [5.41, 5.74) is 0.786. The van der Waals surface area contributed by atoms with Gasteiger partial charge >= 0.3 is 5.97 Å². The molecule has 1 N–H and O–H groups in total. The third kappa shape index (κ3) is 5.33. The minimum atomic E-state index is -0.749. The van der Waals surface area contributed by atoms with E-state index < -0.39 is 5.97 Å². The van der Waals surface area contributed by atoms with Gasteiger partial charge in [-0.3, -0.25) is 4.79 Å². The van der Waals surface area contributed by atoms with E-state index in [4.69, 9.17) is 9.84 Å². The van der Waals surface area contributed by atoms with Gasteiger partial charge in [-0.15, -0.1) is 0 Å². The van der Waals surface area contributed by atoms with Crippen molar-refractivity contribution in [2.24, 2.45) is 0 Å². The highest BCUT2D eigenvalue weighted by Gasteiger charge is 2.22. The molecule has 0 saturated heterocycles. The van der Waals surface area contributed by atoms with Crippen molar-refractivity contribution in [3.63, 3.8) is 0 Å². The molecule has 0 spiro atoms. The Morgan fingerprint density at radius 1 is 1.11 bits per heavy atom. The smallest absolute Gasteiger partial charge is 0.303 e. The quantitative estimate of drug-likeness (QED) is 0.874. The summed E-state index contributed by atoms with van der Waals surface area (Å²) in [5, 5.41) is 8.78. The van der Waals surface area contributed by atoms with Gasteiger partial charge in [-0.2, -0.15) is 0 Å². The Morgan fingerprint density at radius 2 is 1.63 bits per heavy atom. The van der Waals surface area contributed by atoms with Crippen LogP contribution in [-0.2, 0) is 10.2 Å². The molecule has 3 nitrogen and oxygen atoms in total. The molecule has 0 aliphatic carbocycles. The fourth-order valence-electron chi connectivity index (χ4n) is 1.89. The largest absolute Gasteiger partial charge is 0.488 e. The fraction of sp³-hybridized carbons (Fsp3) is 0.562. The van der Waals surface area contributed by atoms with Gasteiger partial charge in [0.05, 0.1) is 0 Å². The number of carboxylic acids is 1. The van der Waals surface area contributed by atoms with Crippen LogP contribution in [0.15, 0.2) is 24.3 Å². The highest BCUT2D eigenvalue weighted by molar-refractivity contribution is 5.66. The second kappa shape index (κ2) is 5.64. The number of hydrogen-bond donors (Lipinski definition) is 1. The standard InChI is InChI=1S/C16H24O3/c1-15(2,3)19-13-8-6-12(7-9-13)16(4,5)11-10-14(17)18/h6-9H,10-11H2,1-5H3,(H,17,18). The zero-order chi connectivity index (χ0) is 14.7. The van der Waals surface area contributed by atoms with E-state index in [2.05, 4.69) is 13.8 Å². The molecular weight excluding hydrogens is 240 g/mol. The molecule has 106 valence electrons. The molecule has 0 radical (unpaired) electrons. The van der Waals surface area contributed by atoms with E-state index in [0.29, 0.717) is 6.42 Å². The molecule has 0 unspecified atom stereocenters. The summed E-state index contributed by atoms with van der Waals surface area (Å²) in [7, 11) is 0. The van der Waals surface area contributed by atoms with Gasteiger partial charge in [-0.25, -0.2) is 0 Å². The highest BCUT2D eigenvalue weighted by atomic mass is 16.5. The van der Waals surface area contributed by atoms with Gasteiger partial charge in [0, 0.05) is 6.42 Å². The number of aliphatic carboxylic acids is 1. The molecule has 1 aromatic rings. The summed E-state index contributed by atoms with van der Waals surface area (Å²) >= 11 is 0. The van der Waals surface area contributed by atoms with Gasteiger partial charge in [-0.05, 0) is 50.3 Å². The van der Waals surface area contributed by atoms with Crippen LogP contribution >= 0.6 is 0 Å². The summed E-state index contributed by atoms with van der Waals surface area (Å²) in [6.07, 6.45) is 0.815. The van der Waals surface area contributed by atoms with Gasteiger partial charge in [0.25, 0.3) is 0 Å². The van der Waals surface area contributed by atoms with E-state index in [0.717, 1.165) is 11.3 Å². The van der Waals surface area contributed by atoms with Crippen molar-refractivity contribution in [2.45, 2.75) is 58.5 Å². The van der Waals surface area contributed by atoms with Crippen molar-refractivity contribution in [3.8, 4) is 5.75 Å². The first kappa shape index (κ1) is 15.5. The van der Waals surface area contributed by atoms with Crippen molar-refractivity contribution >= 4 is 5.97 Å². The molecule has 0 aromatic heterocycles. The summed E-state index contributed by atoms with van der Waals surface area (Å²) in [6, 6.07) is 7.93. The zero-order valence-corrected chi connectivity index (χ0v) is 12.5. The lowest BCUT2D eigenvalue weighted by Gasteiger charge is -2.26. The van der Waals surface area contributed by atoms with E-state index >= 15 is 0 Å². The van der Waals surface area contributed by atoms with Crippen LogP contribution in [0.25, 0.3) is 0 Å². The molecule has 3 heteroatoms. The van der Waals surface area contributed by atoms with Gasteiger partial charge in [0.2, 0.25) is 0 Å². The normalized spacial score (nSPS) is 12.3. The molecule has 19 heavy (non-hydrogen) atoms. The van der Waals surface area contributed by atoms with E-state index in [1.807, 2.05) is 45.0 Å². The van der Waals surface area contributed by atoms with Gasteiger partial charge in [0.1, 0.15) is 11.4 Å². The molecule has 0 aliphatic heterocycles. The molecular formula is C16H24O3. The van der Waals surface area contributed by atoms with E-state index in [1.54, 1.807) is 0 Å². The Morgan fingerprint density at radius 3 is 2.05 bits per heavy atom. The van der Waals surface area contributed by atoms with Crippen LogP contribution in [0.3, 0.4) is 0 Å². The zero-order valence-electron chi connectivity index (χ0n) is 12.5. The third-order valence-electron chi connectivity index (χ3n) is 3.02. The van der Waals surface area contributed by atoms with Gasteiger partial charge in [-0.1, -0.05) is 26.0 Å². The lowest BCUT2D eigenvalue weighted by Crippen LogP contribution is -2.23. The lowest BCUT2D eigenvalue weighted by molar-refractivity contribution is -0.137. The molecule has 0 heterocycles. The Hall–Kier alpha value is -1.51. The number of benzene rings is 1. The SMILES string of the molecule is CC(C)(C)Oc1ccc(C(C)(C)CCC(=O)O)cc1. The second-order valence-corrected chi connectivity index (χ2v) is 6.52. The topological polar surface area (TPSA) is 46.5 Å². The van der Waals surface area contributed by atoms with Crippen LogP contribution in [0.5, 0.6) is 5.75 Å². The van der Waals surface area contributed by atoms with Crippen LogP contribution in [0.2, 0.25) is 0 Å². The first-order chi connectivity index (χ1) is 8.60. The minimum Gasteiger partial charge on any atom is -0.488 e. The van der Waals surface area contributed by atoms with Crippen LogP contribution in [0.4, 0.5) is 0 Å². The molecule has 1 aromatic carbocycles. The molecule has 0 atom stereocenters. The average Bonchev–Trinajstić information content (AvgIpc) is 2.25. The van der Waals surface area contributed by atoms with Crippen LogP contribution in [0, 0.1) is 0 Å². The number of carbonyl (C=O) groups is 1. The molecule has 1 rings (SSSR count). The number of carboxylic acid groups (broad SMARTS) is 1. The van der Waals surface area contributed by atoms with E-state index in [1.165, 1.54) is 0 Å². The highest BCUT2D eigenvalue weighted by Crippen LogP contribution is 2.30. The molecule has 0 aliphatic rings. The fourth-order valence-corrected chi connectivity index (χ4v) is 1.89. The van der Waals surface area contributed by atoms with Crippen molar-refractivity contribution in [1.82, 2.24) is 0 Å². The molecule has 0 bridgehead atoms. The van der Waals surface area contributed by atoms with Crippen LogP contribution < -0.4 is 4.74 Å². The first-order valence-electron chi connectivity index (χ1n) is 6.61. The summed E-state index contributed by atoms with van der Waals surface area (Å²) in [4.78, 5) is 10.7. The van der Waals surface area contributed by atoms with Crippen molar-refractivity contribution < 1.29 is 14.6 Å². The van der Waals surface area contributed by atoms with Crippen molar-refractivity contribution in [2.75, 3.05) is 0 Å². The predicted octanol–water partition coefficient (Wildman–Crippen LogP) is 4.01. The lowest BCUT2D eigenvalue weighted by atomic mass is 9.80. The van der Waals surface area contributed by atoms with Gasteiger partial charge < -0.3 is 9.84 Å². The van der Waals surface area contributed by atoms with Crippen LogP contribution in [0.1, 0.15) is 53.0 Å². The van der Waals surface area contributed by atoms with E-state index in [9.17, 15) is 4.79 Å².